The van der Waals surface area contributed by atoms with Crippen molar-refractivity contribution in [2.24, 2.45) is 17.3 Å². The maximum Gasteiger partial charge on any atom is 0.332 e. The van der Waals surface area contributed by atoms with Gasteiger partial charge >= 0.3 is 11.9 Å². The van der Waals surface area contributed by atoms with Crippen molar-refractivity contribution < 1.29 is 33.4 Å². The average molecular weight is 676 g/mol. The third-order valence-electron chi connectivity index (χ3n) is 11.6. The zero-order valence-electron chi connectivity index (χ0n) is 30.8. The van der Waals surface area contributed by atoms with E-state index in [0.717, 1.165) is 70.0 Å². The van der Waals surface area contributed by atoms with Crippen LogP contribution in [0, 0.1) is 17.3 Å². The molecule has 5 atom stereocenters. The number of ether oxygens (including phenoxy) is 3. The summed E-state index contributed by atoms with van der Waals surface area (Å²) in [4.78, 5) is 52.4. The van der Waals surface area contributed by atoms with Gasteiger partial charge in [0.05, 0.1) is 0 Å². The Morgan fingerprint density at radius 1 is 0.959 bits per heavy atom. The number of carbonyl (C=O) groups excluding carboxylic acids is 4. The number of allylic oxidation sites excluding steroid dienone is 4. The summed E-state index contributed by atoms with van der Waals surface area (Å²) in [6.07, 6.45) is 11.3. The third-order valence-corrected chi connectivity index (χ3v) is 11.6. The lowest BCUT2D eigenvalue weighted by Gasteiger charge is -2.55. The Hall–Kier alpha value is -3.26. The number of nitrogens with zero attached hydrogens (tertiary/aromatic N) is 1. The molecule has 8 heteroatoms. The Morgan fingerprint density at radius 3 is 2.35 bits per heavy atom. The summed E-state index contributed by atoms with van der Waals surface area (Å²) >= 11 is 0. The molecule has 0 unspecified atom stereocenters. The maximum absolute atomic E-state index is 13.4. The minimum atomic E-state index is -1.11. The summed E-state index contributed by atoms with van der Waals surface area (Å²) in [6.45, 7) is 12.3. The van der Waals surface area contributed by atoms with E-state index in [-0.39, 0.29) is 36.0 Å². The molecule has 0 N–H and O–H groups in total. The molecule has 0 bridgehead atoms. The third kappa shape index (κ3) is 7.90. The molecular formula is C41H57NO7. The molecule has 0 aromatic heterocycles. The van der Waals surface area contributed by atoms with Crippen LogP contribution in [-0.2, 0) is 33.4 Å². The lowest BCUT2D eigenvalue weighted by atomic mass is 9.50. The van der Waals surface area contributed by atoms with E-state index >= 15 is 0 Å². The maximum atomic E-state index is 13.4. The number of esters is 2. The molecule has 0 saturated heterocycles. The van der Waals surface area contributed by atoms with Crippen LogP contribution in [0.5, 0.6) is 0 Å². The summed E-state index contributed by atoms with van der Waals surface area (Å²) in [5.41, 5.74) is 4.33. The predicted molar refractivity (Wildman–Crippen MR) is 190 cm³/mol. The first-order valence-electron chi connectivity index (χ1n) is 18.4. The van der Waals surface area contributed by atoms with Gasteiger partial charge in [0.2, 0.25) is 0 Å². The van der Waals surface area contributed by atoms with Gasteiger partial charge in [0.15, 0.2) is 17.2 Å². The molecule has 1 aromatic carbocycles. The van der Waals surface area contributed by atoms with E-state index < -0.39 is 22.6 Å². The predicted octanol–water partition coefficient (Wildman–Crippen LogP) is 7.83. The minimum Gasteiger partial charge on any atom is -0.458 e. The van der Waals surface area contributed by atoms with Crippen LogP contribution in [0.15, 0.2) is 47.1 Å². The van der Waals surface area contributed by atoms with E-state index in [1.807, 2.05) is 26.8 Å². The van der Waals surface area contributed by atoms with Crippen molar-refractivity contribution in [3.63, 3.8) is 0 Å². The van der Waals surface area contributed by atoms with Crippen molar-refractivity contribution in [1.82, 2.24) is 0 Å². The molecule has 4 aliphatic rings. The second kappa shape index (κ2) is 14.9. The quantitative estimate of drug-likeness (QED) is 0.154. The molecule has 2 saturated carbocycles. The van der Waals surface area contributed by atoms with Crippen molar-refractivity contribution in [2.45, 2.75) is 129 Å². The molecule has 4 aliphatic carbocycles. The fraction of sp³-hybridized carbons (Fsp3) is 0.659. The molecule has 5 rings (SSSR count). The minimum absolute atomic E-state index is 0.00271. The number of hydrogen-bond acceptors (Lipinski definition) is 8. The molecule has 0 aliphatic heterocycles. The number of carbonyl (C=O) groups is 4. The van der Waals surface area contributed by atoms with Crippen LogP contribution >= 0.6 is 0 Å². The van der Waals surface area contributed by atoms with E-state index in [0.29, 0.717) is 25.4 Å². The van der Waals surface area contributed by atoms with Gasteiger partial charge in [-0.3, -0.25) is 14.4 Å². The highest BCUT2D eigenvalue weighted by Crippen LogP contribution is 2.67. The number of benzene rings is 1. The summed E-state index contributed by atoms with van der Waals surface area (Å²) in [6, 6.07) is 8.90. The fourth-order valence-corrected chi connectivity index (χ4v) is 9.53. The van der Waals surface area contributed by atoms with Gasteiger partial charge in [0, 0.05) is 50.6 Å². The van der Waals surface area contributed by atoms with E-state index in [1.54, 1.807) is 6.92 Å². The first-order valence-corrected chi connectivity index (χ1v) is 18.4. The molecule has 268 valence electrons. The van der Waals surface area contributed by atoms with Crippen molar-refractivity contribution in [2.75, 3.05) is 31.7 Å². The zero-order valence-corrected chi connectivity index (χ0v) is 30.8. The number of hydrogen-bond donors (Lipinski definition) is 0. The van der Waals surface area contributed by atoms with Crippen LogP contribution in [0.25, 0.3) is 0 Å². The number of anilines is 1. The van der Waals surface area contributed by atoms with Gasteiger partial charge in [0.25, 0.3) is 0 Å². The molecule has 1 aromatic rings. The SMILES string of the molecule is CC(=O)O[C@]1(C(C)=O)CC[C@H]2[C@@H]3CCC4=CC(=O)CCC4=C3[C@@H](c3ccc(N(C)CCCCCCOCC(=O)OC(C)(C)C)cc3)C[C@@]21C. The van der Waals surface area contributed by atoms with Gasteiger partial charge in [-0.25, -0.2) is 4.79 Å². The van der Waals surface area contributed by atoms with E-state index in [9.17, 15) is 19.2 Å². The normalized spacial score (nSPS) is 27.9. The van der Waals surface area contributed by atoms with Gasteiger partial charge in [-0.2, -0.15) is 0 Å². The van der Waals surface area contributed by atoms with Gasteiger partial charge < -0.3 is 19.1 Å². The Morgan fingerprint density at radius 2 is 1.67 bits per heavy atom. The van der Waals surface area contributed by atoms with Gasteiger partial charge in [-0.05, 0) is 126 Å². The summed E-state index contributed by atoms with van der Waals surface area (Å²) < 4.78 is 16.8. The number of Topliss-reactive ketones (excluding diaryl/α,β-unsaturated/α-hetero) is 1. The lowest BCUT2D eigenvalue weighted by molar-refractivity contribution is -0.182. The van der Waals surface area contributed by atoms with E-state index in [2.05, 4.69) is 43.1 Å². The van der Waals surface area contributed by atoms with Gasteiger partial charge in [0.1, 0.15) is 12.2 Å². The highest BCUT2D eigenvalue weighted by Gasteiger charge is 2.67. The Bertz CT molecular complexity index is 1480. The number of fused-ring (bicyclic) bond motifs is 4. The van der Waals surface area contributed by atoms with Crippen LogP contribution in [0.1, 0.15) is 124 Å². The molecule has 0 heterocycles. The van der Waals surface area contributed by atoms with Crippen LogP contribution in [0.3, 0.4) is 0 Å². The smallest absolute Gasteiger partial charge is 0.332 e. The van der Waals surface area contributed by atoms with Crippen molar-refractivity contribution >= 4 is 29.2 Å². The second-order valence-corrected chi connectivity index (χ2v) is 16.1. The molecular weight excluding hydrogens is 618 g/mol. The standard InChI is InChI=1S/C41H57NO7/c1-27(43)41(48-28(2)44)21-20-36-34-18-14-30-24-32(45)17-19-33(30)38(34)35(25-40(36,41)6)29-12-15-31(16-13-29)42(7)22-10-8-9-11-23-47-26-37(46)49-39(3,4)5/h12-13,15-16,24,34-36H,8-11,14,17-23,25-26H2,1-7H3/t34-,35+,36-,40-,41-/m0/s1. The molecule has 0 spiro atoms. The Kier molecular flexibility index (Phi) is 11.3. The molecule has 0 radical (unpaired) electrons. The summed E-state index contributed by atoms with van der Waals surface area (Å²) in [7, 11) is 2.13. The first-order chi connectivity index (χ1) is 23.1. The summed E-state index contributed by atoms with van der Waals surface area (Å²) in [5.74, 6) is 0.0859. The number of rotatable bonds is 13. The van der Waals surface area contributed by atoms with Crippen LogP contribution in [0.2, 0.25) is 0 Å². The Labute approximate surface area is 293 Å². The van der Waals surface area contributed by atoms with Crippen molar-refractivity contribution in [3.8, 4) is 0 Å². The largest absolute Gasteiger partial charge is 0.458 e. The molecule has 49 heavy (non-hydrogen) atoms. The first kappa shape index (κ1) is 37.0. The lowest BCUT2D eigenvalue weighted by Crippen LogP contribution is -2.57. The summed E-state index contributed by atoms with van der Waals surface area (Å²) in [5, 5.41) is 0. The van der Waals surface area contributed by atoms with Crippen LogP contribution in [0.4, 0.5) is 5.69 Å². The second-order valence-electron chi connectivity index (χ2n) is 16.1. The molecule has 8 nitrogen and oxygen atoms in total. The number of unbranched alkanes of at least 4 members (excludes halogenated alkanes) is 3. The fourth-order valence-electron chi connectivity index (χ4n) is 9.53. The average Bonchev–Trinajstić information content (AvgIpc) is 3.32. The van der Waals surface area contributed by atoms with Crippen LogP contribution < -0.4 is 4.90 Å². The van der Waals surface area contributed by atoms with Crippen molar-refractivity contribution in [3.05, 3.63) is 52.6 Å². The zero-order chi connectivity index (χ0) is 35.6. The highest BCUT2D eigenvalue weighted by molar-refractivity contribution is 5.93. The Balaban J connectivity index is 1.27. The van der Waals surface area contributed by atoms with Crippen molar-refractivity contribution in [1.29, 1.82) is 0 Å². The molecule has 0 amide bonds. The topological polar surface area (TPSA) is 99.2 Å². The molecule has 2 fully saturated rings. The van der Waals surface area contributed by atoms with Gasteiger partial charge in [-0.15, -0.1) is 0 Å². The van der Waals surface area contributed by atoms with Gasteiger partial charge in [-0.1, -0.05) is 37.5 Å². The van der Waals surface area contributed by atoms with E-state index in [4.69, 9.17) is 14.2 Å². The highest BCUT2D eigenvalue weighted by atomic mass is 16.6. The van der Waals surface area contributed by atoms with E-state index in [1.165, 1.54) is 29.2 Å². The van der Waals surface area contributed by atoms with Crippen LogP contribution in [-0.4, -0.2) is 61.5 Å². The monoisotopic (exact) mass is 675 g/mol. The number of ketones is 2.